The van der Waals surface area contributed by atoms with E-state index in [-0.39, 0.29) is 5.91 Å². The Kier molecular flexibility index (Phi) is 7.57. The molecule has 1 aliphatic rings. The molecule has 1 unspecified atom stereocenters. The minimum atomic E-state index is 0.0844. The maximum absolute atomic E-state index is 12.2. The normalized spacial score (nSPS) is 17.6. The highest BCUT2D eigenvalue weighted by Gasteiger charge is 2.20. The van der Waals surface area contributed by atoms with Crippen LogP contribution >= 0.6 is 23.2 Å². The minimum Gasteiger partial charge on any atom is -0.356 e. The van der Waals surface area contributed by atoms with Crippen molar-refractivity contribution >= 4 is 29.1 Å². The molecule has 1 saturated heterocycles. The Hall–Kier alpha value is -1.55. The summed E-state index contributed by atoms with van der Waals surface area (Å²) in [6.45, 7) is 3.91. The quantitative estimate of drug-likeness (QED) is 0.707. The number of halogens is 2. The molecule has 1 amide bonds. The summed E-state index contributed by atoms with van der Waals surface area (Å²) in [4.78, 5) is 14.7. The second kappa shape index (κ2) is 10.1. The van der Waals surface area contributed by atoms with Crippen LogP contribution in [0.25, 0.3) is 0 Å². The van der Waals surface area contributed by atoms with Gasteiger partial charge in [0.15, 0.2) is 0 Å². The van der Waals surface area contributed by atoms with Gasteiger partial charge in [0.2, 0.25) is 5.91 Å². The van der Waals surface area contributed by atoms with Gasteiger partial charge in [-0.15, -0.1) is 0 Å². The lowest BCUT2D eigenvalue weighted by molar-refractivity contribution is -0.121. The largest absolute Gasteiger partial charge is 0.356 e. The van der Waals surface area contributed by atoms with Crippen LogP contribution in [0.5, 0.6) is 0 Å². The third-order valence-electron chi connectivity index (χ3n) is 5.08. The molecular weight excluding hydrogens is 379 g/mol. The number of nitrogens with zero attached hydrogens (tertiary/aromatic N) is 1. The van der Waals surface area contributed by atoms with Crippen molar-refractivity contribution in [1.82, 2.24) is 10.2 Å². The molecule has 0 aromatic heterocycles. The number of nitrogens with one attached hydrogen (secondary N) is 1. The minimum absolute atomic E-state index is 0.0844. The van der Waals surface area contributed by atoms with E-state index in [0.717, 1.165) is 31.7 Å². The van der Waals surface area contributed by atoms with E-state index in [0.29, 0.717) is 28.8 Å². The Balaban J connectivity index is 1.40. The van der Waals surface area contributed by atoms with Crippen molar-refractivity contribution < 1.29 is 4.79 Å². The summed E-state index contributed by atoms with van der Waals surface area (Å²) in [6.07, 6.45) is 3.44. The summed E-state index contributed by atoms with van der Waals surface area (Å²) < 4.78 is 0. The van der Waals surface area contributed by atoms with Gasteiger partial charge in [0.25, 0.3) is 0 Å². The van der Waals surface area contributed by atoms with E-state index < -0.39 is 0 Å². The van der Waals surface area contributed by atoms with Crippen LogP contribution in [0.1, 0.15) is 30.4 Å². The van der Waals surface area contributed by atoms with Crippen LogP contribution in [0.4, 0.5) is 0 Å². The van der Waals surface area contributed by atoms with Crippen LogP contribution in [-0.4, -0.2) is 30.4 Å². The van der Waals surface area contributed by atoms with Crippen LogP contribution in [0.3, 0.4) is 0 Å². The van der Waals surface area contributed by atoms with E-state index in [1.54, 1.807) is 6.07 Å². The first-order valence-electron chi connectivity index (χ1n) is 9.57. The molecule has 3 nitrogen and oxygen atoms in total. The molecule has 0 aliphatic carbocycles. The van der Waals surface area contributed by atoms with Gasteiger partial charge in [-0.25, -0.2) is 0 Å². The zero-order valence-electron chi connectivity index (χ0n) is 15.5. The smallest absolute Gasteiger partial charge is 0.220 e. The Bertz CT molecular complexity index is 751. The van der Waals surface area contributed by atoms with Gasteiger partial charge in [-0.2, -0.15) is 0 Å². The van der Waals surface area contributed by atoms with Gasteiger partial charge in [0.05, 0.1) is 0 Å². The molecule has 0 radical (unpaired) electrons. The highest BCUT2D eigenvalue weighted by atomic mass is 35.5. The summed E-state index contributed by atoms with van der Waals surface area (Å²) in [6, 6.07) is 16.0. The molecule has 2 aromatic rings. The van der Waals surface area contributed by atoms with Crippen molar-refractivity contribution in [1.29, 1.82) is 0 Å². The molecule has 2 aromatic carbocycles. The number of amides is 1. The maximum atomic E-state index is 12.2. The number of benzene rings is 2. The molecule has 1 fully saturated rings. The lowest BCUT2D eigenvalue weighted by Gasteiger charge is -2.32. The van der Waals surface area contributed by atoms with Crippen LogP contribution in [0, 0.1) is 5.92 Å². The Labute approximate surface area is 171 Å². The van der Waals surface area contributed by atoms with Gasteiger partial charge >= 0.3 is 0 Å². The molecule has 1 N–H and O–H groups in total. The van der Waals surface area contributed by atoms with Gasteiger partial charge in [-0.3, -0.25) is 9.69 Å². The van der Waals surface area contributed by atoms with E-state index >= 15 is 0 Å². The molecule has 3 rings (SSSR count). The van der Waals surface area contributed by atoms with Gasteiger partial charge in [0.1, 0.15) is 0 Å². The topological polar surface area (TPSA) is 32.3 Å². The van der Waals surface area contributed by atoms with Crippen LogP contribution in [0.2, 0.25) is 10.0 Å². The van der Waals surface area contributed by atoms with E-state index in [1.165, 1.54) is 18.4 Å². The number of piperidine rings is 1. The number of likely N-dealkylation sites (tertiary alicyclic amines) is 1. The molecule has 144 valence electrons. The molecule has 1 atom stereocenters. The molecular formula is C22H26Cl2N2O. The first-order chi connectivity index (χ1) is 13.1. The maximum Gasteiger partial charge on any atom is 0.220 e. The lowest BCUT2D eigenvalue weighted by atomic mass is 9.97. The van der Waals surface area contributed by atoms with Gasteiger partial charge in [-0.05, 0) is 55.0 Å². The average molecular weight is 405 g/mol. The number of hydrogen-bond acceptors (Lipinski definition) is 2. The third-order valence-corrected chi connectivity index (χ3v) is 5.66. The summed E-state index contributed by atoms with van der Waals surface area (Å²) in [5, 5.41) is 4.34. The summed E-state index contributed by atoms with van der Waals surface area (Å²) in [7, 11) is 0. The average Bonchev–Trinajstić information content (AvgIpc) is 2.67. The number of carbonyl (C=O) groups is 1. The summed E-state index contributed by atoms with van der Waals surface area (Å²) >= 11 is 12.1. The van der Waals surface area contributed by atoms with Gasteiger partial charge in [-0.1, -0.05) is 59.6 Å². The zero-order chi connectivity index (χ0) is 19.1. The number of rotatable bonds is 7. The van der Waals surface area contributed by atoms with Crippen molar-refractivity contribution in [3.63, 3.8) is 0 Å². The SMILES string of the molecule is O=C(CCc1ccc(Cl)cc1Cl)NCC1CCCN(Cc2ccccc2)C1. The second-order valence-electron chi connectivity index (χ2n) is 7.27. The van der Waals surface area contributed by atoms with Crippen LogP contribution < -0.4 is 5.32 Å². The molecule has 27 heavy (non-hydrogen) atoms. The van der Waals surface area contributed by atoms with Crippen molar-refractivity contribution in [2.75, 3.05) is 19.6 Å². The molecule has 1 aliphatic heterocycles. The van der Waals surface area contributed by atoms with Crippen molar-refractivity contribution in [3.05, 3.63) is 69.7 Å². The van der Waals surface area contributed by atoms with E-state index in [2.05, 4.69) is 40.5 Å². The first kappa shape index (κ1) is 20.2. The standard InChI is InChI=1S/C22H26Cl2N2O/c23-20-10-8-19(21(24)13-20)9-11-22(27)25-14-18-7-4-12-26(16-18)15-17-5-2-1-3-6-17/h1-3,5-6,8,10,13,18H,4,7,9,11-12,14-16H2,(H,25,27). The first-order valence-corrected chi connectivity index (χ1v) is 10.3. The summed E-state index contributed by atoms with van der Waals surface area (Å²) in [5.41, 5.74) is 2.31. The molecule has 1 heterocycles. The Morgan fingerprint density at radius 2 is 1.96 bits per heavy atom. The fourth-order valence-corrected chi connectivity index (χ4v) is 4.13. The number of hydrogen-bond donors (Lipinski definition) is 1. The van der Waals surface area contributed by atoms with Crippen molar-refractivity contribution in [3.8, 4) is 0 Å². The second-order valence-corrected chi connectivity index (χ2v) is 8.11. The molecule has 0 saturated carbocycles. The fourth-order valence-electron chi connectivity index (χ4n) is 3.62. The highest BCUT2D eigenvalue weighted by Crippen LogP contribution is 2.22. The Morgan fingerprint density at radius 1 is 1.15 bits per heavy atom. The monoisotopic (exact) mass is 404 g/mol. The van der Waals surface area contributed by atoms with E-state index in [1.807, 2.05) is 12.1 Å². The number of aryl methyl sites for hydroxylation is 1. The highest BCUT2D eigenvalue weighted by molar-refractivity contribution is 6.35. The zero-order valence-corrected chi connectivity index (χ0v) is 17.0. The predicted octanol–water partition coefficient (Wildman–Crippen LogP) is 4.95. The van der Waals surface area contributed by atoms with Crippen molar-refractivity contribution in [2.24, 2.45) is 5.92 Å². The van der Waals surface area contributed by atoms with Crippen LogP contribution in [0.15, 0.2) is 48.5 Å². The van der Waals surface area contributed by atoms with E-state index in [4.69, 9.17) is 23.2 Å². The summed E-state index contributed by atoms with van der Waals surface area (Å²) in [5.74, 6) is 0.603. The van der Waals surface area contributed by atoms with Gasteiger partial charge in [0, 0.05) is 36.1 Å². The fraction of sp³-hybridized carbons (Fsp3) is 0.409. The third kappa shape index (κ3) is 6.53. The van der Waals surface area contributed by atoms with Crippen LogP contribution in [-0.2, 0) is 17.8 Å². The lowest BCUT2D eigenvalue weighted by Crippen LogP contribution is -2.40. The molecule has 5 heteroatoms. The molecule has 0 bridgehead atoms. The molecule has 0 spiro atoms. The van der Waals surface area contributed by atoms with E-state index in [9.17, 15) is 4.79 Å². The Morgan fingerprint density at radius 3 is 2.74 bits per heavy atom. The number of carbonyl (C=O) groups excluding carboxylic acids is 1. The predicted molar refractivity (Wildman–Crippen MR) is 112 cm³/mol. The van der Waals surface area contributed by atoms with Crippen molar-refractivity contribution in [2.45, 2.75) is 32.2 Å². The van der Waals surface area contributed by atoms with Gasteiger partial charge < -0.3 is 5.32 Å².